The van der Waals surface area contributed by atoms with Gasteiger partial charge in [0, 0.05) is 24.6 Å². The minimum absolute atomic E-state index is 0.200. The lowest BCUT2D eigenvalue weighted by Crippen LogP contribution is -2.41. The van der Waals surface area contributed by atoms with Crippen molar-refractivity contribution in [1.82, 2.24) is 4.90 Å². The number of hydrogen-bond donors (Lipinski definition) is 1. The molecule has 0 aliphatic rings. The van der Waals surface area contributed by atoms with Gasteiger partial charge in [-0.05, 0) is 24.1 Å². The molecule has 0 saturated heterocycles. The lowest BCUT2D eigenvalue weighted by molar-refractivity contribution is -0.146. The van der Waals surface area contributed by atoms with E-state index in [0.717, 1.165) is 5.56 Å². The second-order valence-corrected chi connectivity index (χ2v) is 5.32. The van der Waals surface area contributed by atoms with Gasteiger partial charge in [-0.15, -0.1) is 0 Å². The van der Waals surface area contributed by atoms with Crippen LogP contribution in [0.25, 0.3) is 0 Å². The molecule has 0 spiro atoms. The van der Waals surface area contributed by atoms with Crippen molar-refractivity contribution >= 4 is 23.5 Å². The van der Waals surface area contributed by atoms with Crippen LogP contribution in [-0.4, -0.2) is 48.7 Å². The standard InChI is InChI=1S/C15H20ClNO4/c1-11(8-12-4-3-5-13(16)9-12)15(20)17(6-7-21-2)10-14(18)19/h3-5,9,11H,6-8,10H2,1-2H3,(H,18,19). The third-order valence-electron chi connectivity index (χ3n) is 3.06. The SMILES string of the molecule is COCCN(CC(=O)O)C(=O)C(C)Cc1cccc(Cl)c1. The maximum Gasteiger partial charge on any atom is 0.323 e. The average molecular weight is 314 g/mol. The molecule has 116 valence electrons. The predicted octanol–water partition coefficient (Wildman–Crippen LogP) is 2.08. The molecule has 0 saturated carbocycles. The van der Waals surface area contributed by atoms with Gasteiger partial charge in [-0.2, -0.15) is 0 Å². The summed E-state index contributed by atoms with van der Waals surface area (Å²) in [5.74, 6) is -1.55. The van der Waals surface area contributed by atoms with Crippen molar-refractivity contribution in [2.24, 2.45) is 5.92 Å². The number of benzene rings is 1. The van der Waals surface area contributed by atoms with E-state index in [1.165, 1.54) is 12.0 Å². The van der Waals surface area contributed by atoms with E-state index < -0.39 is 5.97 Å². The van der Waals surface area contributed by atoms with Crippen LogP contribution in [0, 0.1) is 5.92 Å². The van der Waals surface area contributed by atoms with Crippen LogP contribution in [0.1, 0.15) is 12.5 Å². The summed E-state index contributed by atoms with van der Waals surface area (Å²) in [6, 6.07) is 7.30. The fraction of sp³-hybridized carbons (Fsp3) is 0.467. The first-order chi connectivity index (χ1) is 9.93. The number of aliphatic carboxylic acids is 1. The number of hydrogen-bond acceptors (Lipinski definition) is 3. The highest BCUT2D eigenvalue weighted by Gasteiger charge is 2.22. The van der Waals surface area contributed by atoms with Gasteiger partial charge in [-0.1, -0.05) is 30.7 Å². The first-order valence-corrected chi connectivity index (χ1v) is 7.05. The Bertz CT molecular complexity index is 492. The normalized spacial score (nSPS) is 12.0. The molecule has 5 nitrogen and oxygen atoms in total. The highest BCUT2D eigenvalue weighted by Crippen LogP contribution is 2.16. The van der Waals surface area contributed by atoms with Crippen LogP contribution in [0.15, 0.2) is 24.3 Å². The average Bonchev–Trinajstić information content (AvgIpc) is 2.42. The van der Waals surface area contributed by atoms with Crippen LogP contribution < -0.4 is 0 Å². The molecule has 0 aromatic heterocycles. The number of carbonyl (C=O) groups is 2. The maximum absolute atomic E-state index is 12.3. The molecule has 1 unspecified atom stereocenters. The van der Waals surface area contributed by atoms with Gasteiger partial charge in [0.1, 0.15) is 6.54 Å². The molecular formula is C15H20ClNO4. The van der Waals surface area contributed by atoms with Crippen molar-refractivity contribution in [3.63, 3.8) is 0 Å². The second kappa shape index (κ2) is 8.64. The van der Waals surface area contributed by atoms with Gasteiger partial charge in [0.15, 0.2) is 0 Å². The van der Waals surface area contributed by atoms with E-state index in [0.29, 0.717) is 18.1 Å². The second-order valence-electron chi connectivity index (χ2n) is 4.88. The summed E-state index contributed by atoms with van der Waals surface area (Å²) >= 11 is 5.92. The Morgan fingerprint density at radius 1 is 1.43 bits per heavy atom. The highest BCUT2D eigenvalue weighted by atomic mass is 35.5. The lowest BCUT2D eigenvalue weighted by atomic mass is 10.00. The molecule has 1 aromatic carbocycles. The summed E-state index contributed by atoms with van der Waals surface area (Å²) in [6.07, 6.45) is 0.516. The first kappa shape index (κ1) is 17.5. The van der Waals surface area contributed by atoms with Crippen LogP contribution in [-0.2, 0) is 20.7 Å². The number of carbonyl (C=O) groups excluding carboxylic acids is 1. The molecule has 1 rings (SSSR count). The number of ether oxygens (including phenoxy) is 1. The fourth-order valence-electron chi connectivity index (χ4n) is 2.05. The number of nitrogens with zero attached hydrogens (tertiary/aromatic N) is 1. The van der Waals surface area contributed by atoms with Crippen molar-refractivity contribution in [2.75, 3.05) is 26.8 Å². The van der Waals surface area contributed by atoms with Gasteiger partial charge in [-0.3, -0.25) is 9.59 Å². The molecule has 1 amide bonds. The molecule has 21 heavy (non-hydrogen) atoms. The quantitative estimate of drug-likeness (QED) is 0.798. The molecule has 0 heterocycles. The van der Waals surface area contributed by atoms with Crippen molar-refractivity contribution < 1.29 is 19.4 Å². The zero-order valence-electron chi connectivity index (χ0n) is 12.2. The minimum atomic E-state index is -1.03. The number of carboxylic acids is 1. The monoisotopic (exact) mass is 313 g/mol. The Morgan fingerprint density at radius 3 is 2.71 bits per heavy atom. The Morgan fingerprint density at radius 2 is 2.14 bits per heavy atom. The molecule has 0 radical (unpaired) electrons. The van der Waals surface area contributed by atoms with Gasteiger partial charge in [0.2, 0.25) is 5.91 Å². The van der Waals surface area contributed by atoms with Crippen molar-refractivity contribution in [3.05, 3.63) is 34.9 Å². The molecule has 1 aromatic rings. The van der Waals surface area contributed by atoms with E-state index in [1.807, 2.05) is 18.2 Å². The summed E-state index contributed by atoms with van der Waals surface area (Å²) < 4.78 is 4.91. The van der Waals surface area contributed by atoms with E-state index >= 15 is 0 Å². The molecule has 0 fully saturated rings. The minimum Gasteiger partial charge on any atom is -0.480 e. The predicted molar refractivity (Wildman–Crippen MR) is 80.4 cm³/mol. The summed E-state index contributed by atoms with van der Waals surface area (Å²) in [7, 11) is 1.51. The zero-order chi connectivity index (χ0) is 15.8. The topological polar surface area (TPSA) is 66.8 Å². The van der Waals surface area contributed by atoms with E-state index in [1.54, 1.807) is 13.0 Å². The molecule has 6 heteroatoms. The maximum atomic E-state index is 12.3. The van der Waals surface area contributed by atoms with Crippen LogP contribution in [0.2, 0.25) is 5.02 Å². The summed E-state index contributed by atoms with van der Waals surface area (Å²) in [6.45, 7) is 2.04. The third-order valence-corrected chi connectivity index (χ3v) is 3.29. The Kier molecular flexibility index (Phi) is 7.19. The molecule has 1 N–H and O–H groups in total. The van der Waals surface area contributed by atoms with Gasteiger partial charge in [0.25, 0.3) is 0 Å². The number of halogens is 1. The van der Waals surface area contributed by atoms with Gasteiger partial charge < -0.3 is 14.7 Å². The van der Waals surface area contributed by atoms with Crippen LogP contribution >= 0.6 is 11.6 Å². The van der Waals surface area contributed by atoms with E-state index in [9.17, 15) is 9.59 Å². The zero-order valence-corrected chi connectivity index (χ0v) is 13.0. The summed E-state index contributed by atoms with van der Waals surface area (Å²) in [5, 5.41) is 9.51. The molecular weight excluding hydrogens is 294 g/mol. The van der Waals surface area contributed by atoms with Crippen LogP contribution in [0.5, 0.6) is 0 Å². The lowest BCUT2D eigenvalue weighted by Gasteiger charge is -2.24. The van der Waals surface area contributed by atoms with Gasteiger partial charge in [-0.25, -0.2) is 0 Å². The third kappa shape index (κ3) is 6.14. The molecule has 0 bridgehead atoms. The van der Waals surface area contributed by atoms with Gasteiger partial charge in [0.05, 0.1) is 6.61 Å². The van der Waals surface area contributed by atoms with Crippen LogP contribution in [0.3, 0.4) is 0 Å². The van der Waals surface area contributed by atoms with Crippen molar-refractivity contribution in [2.45, 2.75) is 13.3 Å². The number of rotatable bonds is 8. The largest absolute Gasteiger partial charge is 0.480 e. The first-order valence-electron chi connectivity index (χ1n) is 6.68. The fourth-order valence-corrected chi connectivity index (χ4v) is 2.26. The molecule has 0 aliphatic heterocycles. The van der Waals surface area contributed by atoms with E-state index in [4.69, 9.17) is 21.4 Å². The van der Waals surface area contributed by atoms with E-state index in [-0.39, 0.29) is 24.9 Å². The molecule has 0 aliphatic carbocycles. The Hall–Kier alpha value is -1.59. The number of amides is 1. The highest BCUT2D eigenvalue weighted by molar-refractivity contribution is 6.30. The van der Waals surface area contributed by atoms with E-state index in [2.05, 4.69) is 0 Å². The van der Waals surface area contributed by atoms with Crippen LogP contribution in [0.4, 0.5) is 0 Å². The smallest absolute Gasteiger partial charge is 0.323 e. The van der Waals surface area contributed by atoms with Gasteiger partial charge >= 0.3 is 5.97 Å². The van der Waals surface area contributed by atoms with Crippen molar-refractivity contribution in [1.29, 1.82) is 0 Å². The summed E-state index contributed by atoms with van der Waals surface area (Å²) in [4.78, 5) is 24.5. The molecule has 1 atom stereocenters. The Labute approximate surface area is 129 Å². The van der Waals surface area contributed by atoms with Crippen molar-refractivity contribution in [3.8, 4) is 0 Å². The summed E-state index contributed by atoms with van der Waals surface area (Å²) in [5.41, 5.74) is 0.949. The Balaban J connectivity index is 2.70. The number of carboxylic acid groups (broad SMARTS) is 1. The number of methoxy groups -OCH3 is 1.